The highest BCUT2D eigenvalue weighted by molar-refractivity contribution is 7.26. The van der Waals surface area contributed by atoms with Crippen molar-refractivity contribution in [3.63, 3.8) is 0 Å². The molecule has 4 heterocycles. The third-order valence-electron chi connectivity index (χ3n) is 13.1. The fourth-order valence-electron chi connectivity index (χ4n) is 10.1. The molecule has 0 atom stereocenters. The highest BCUT2D eigenvalue weighted by atomic mass is 32.1. The van der Waals surface area contributed by atoms with Crippen molar-refractivity contribution in [2.24, 2.45) is 0 Å². The number of hydrogen-bond donors (Lipinski definition) is 0. The molecule has 14 aromatic rings. The number of aromatic nitrogens is 1. The summed E-state index contributed by atoms with van der Waals surface area (Å²) < 4.78 is 10.2. The monoisotopic (exact) mass is 880 g/mol. The van der Waals surface area contributed by atoms with E-state index in [4.69, 9.17) is 0 Å². The van der Waals surface area contributed by atoms with Crippen LogP contribution in [0.25, 0.3) is 110 Å². The zero-order valence-electron chi connectivity index (χ0n) is 34.9. The first kappa shape index (κ1) is 36.9. The lowest BCUT2D eigenvalue weighted by Gasteiger charge is -2.27. The molecule has 0 aliphatic heterocycles. The highest BCUT2D eigenvalue weighted by Gasteiger charge is 2.21. The first-order valence-corrected chi connectivity index (χ1v) is 24.4. The van der Waals surface area contributed by atoms with Crippen LogP contribution in [0.5, 0.6) is 0 Å². The molecular weight excluding hydrogens is 845 g/mol. The quantitative estimate of drug-likeness (QED) is 0.162. The lowest BCUT2D eigenvalue weighted by Crippen LogP contribution is -2.10. The second-order valence-electron chi connectivity index (χ2n) is 16.9. The molecule has 0 amide bonds. The van der Waals surface area contributed by atoms with E-state index in [1.54, 1.807) is 0 Å². The predicted octanol–water partition coefficient (Wildman–Crippen LogP) is 18.7. The number of benzene rings is 10. The van der Waals surface area contributed by atoms with Gasteiger partial charge in [-0.1, -0.05) is 103 Å². The molecule has 0 radical (unpaired) electrons. The van der Waals surface area contributed by atoms with Gasteiger partial charge in [-0.25, -0.2) is 0 Å². The van der Waals surface area contributed by atoms with E-state index in [0.717, 1.165) is 22.7 Å². The first-order valence-electron chi connectivity index (χ1n) is 22.0. The number of nitrogens with zero attached hydrogens (tertiary/aromatic N) is 2. The summed E-state index contributed by atoms with van der Waals surface area (Å²) in [5, 5.41) is 10.2. The summed E-state index contributed by atoms with van der Waals surface area (Å²) in [5.41, 5.74) is 11.6. The van der Waals surface area contributed by atoms with Crippen LogP contribution in [0.15, 0.2) is 218 Å². The molecule has 0 saturated carbocycles. The number of hydrogen-bond acceptors (Lipinski definition) is 4. The zero-order chi connectivity index (χ0) is 42.6. The van der Waals surface area contributed by atoms with Crippen molar-refractivity contribution >= 4 is 133 Å². The van der Waals surface area contributed by atoms with Crippen molar-refractivity contribution in [1.29, 1.82) is 0 Å². The standard InChI is InChI=1S/C60H36N2S3/c1-2-12-41(13-3-1)62-53-18-8-4-14-45(53)49-33-37(22-26-54(49)62)39-30-40(38-23-27-58-50(34-38)46-15-5-9-19-55(46)63-58)32-44(31-39)61(42-24-28-59-51(35-42)47-16-6-10-20-56(47)64-59)43-25-29-60-52(36-43)48-17-7-11-21-57(48)65-60/h1-36H. The predicted molar refractivity (Wildman–Crippen MR) is 285 cm³/mol. The molecule has 10 aromatic carbocycles. The largest absolute Gasteiger partial charge is 0.310 e. The molecule has 4 aromatic heterocycles. The van der Waals surface area contributed by atoms with Gasteiger partial charge >= 0.3 is 0 Å². The third kappa shape index (κ3) is 5.90. The van der Waals surface area contributed by atoms with Crippen molar-refractivity contribution in [3.05, 3.63) is 218 Å². The van der Waals surface area contributed by atoms with Crippen LogP contribution in [-0.2, 0) is 0 Å². The molecule has 0 spiro atoms. The number of para-hydroxylation sites is 2. The second-order valence-corrected chi connectivity index (χ2v) is 20.1. The molecule has 0 aliphatic carbocycles. The maximum absolute atomic E-state index is 2.49. The molecule has 5 heteroatoms. The Balaban J connectivity index is 1.04. The Labute approximate surface area is 386 Å². The number of anilines is 3. The van der Waals surface area contributed by atoms with Gasteiger partial charge in [-0.05, 0) is 138 Å². The van der Waals surface area contributed by atoms with Gasteiger partial charge in [-0.15, -0.1) is 34.0 Å². The van der Waals surface area contributed by atoms with Crippen LogP contribution in [-0.4, -0.2) is 4.57 Å². The van der Waals surface area contributed by atoms with Gasteiger partial charge in [0.25, 0.3) is 0 Å². The molecule has 0 bridgehead atoms. The Morgan fingerprint density at radius 2 is 0.692 bits per heavy atom. The Morgan fingerprint density at radius 3 is 1.28 bits per heavy atom. The minimum absolute atomic E-state index is 1.11. The maximum Gasteiger partial charge on any atom is 0.0541 e. The lowest BCUT2D eigenvalue weighted by molar-refractivity contribution is 1.18. The lowest BCUT2D eigenvalue weighted by atomic mass is 9.95. The highest BCUT2D eigenvalue weighted by Crippen LogP contribution is 2.46. The molecule has 0 fully saturated rings. The van der Waals surface area contributed by atoms with Crippen LogP contribution >= 0.6 is 34.0 Å². The SMILES string of the molecule is c1ccc(-n2c3ccccc3c3cc(-c4cc(-c5ccc6sc7ccccc7c6c5)cc(N(c5ccc6sc7ccccc7c6c5)c5ccc6sc7ccccc7c6c5)c4)ccc32)cc1. The Kier molecular flexibility index (Phi) is 8.23. The van der Waals surface area contributed by atoms with Crippen LogP contribution in [0.2, 0.25) is 0 Å². The average molecular weight is 881 g/mol. The molecule has 2 nitrogen and oxygen atoms in total. The molecule has 14 rings (SSSR count). The van der Waals surface area contributed by atoms with E-state index in [9.17, 15) is 0 Å². The minimum atomic E-state index is 1.11. The summed E-state index contributed by atoms with van der Waals surface area (Å²) in [7, 11) is 0. The van der Waals surface area contributed by atoms with Gasteiger partial charge in [0.2, 0.25) is 0 Å². The van der Waals surface area contributed by atoms with Crippen LogP contribution < -0.4 is 4.90 Å². The van der Waals surface area contributed by atoms with Crippen LogP contribution in [0.4, 0.5) is 17.1 Å². The Hall–Kier alpha value is -7.54. The van der Waals surface area contributed by atoms with E-state index >= 15 is 0 Å². The van der Waals surface area contributed by atoms with E-state index < -0.39 is 0 Å². The van der Waals surface area contributed by atoms with Gasteiger partial charge in [0.1, 0.15) is 0 Å². The third-order valence-corrected chi connectivity index (χ3v) is 16.6. The summed E-state index contributed by atoms with van der Waals surface area (Å²) in [6, 6.07) is 81.3. The van der Waals surface area contributed by atoms with Gasteiger partial charge in [0, 0.05) is 94.0 Å². The summed E-state index contributed by atoms with van der Waals surface area (Å²) in [4.78, 5) is 2.49. The van der Waals surface area contributed by atoms with Gasteiger partial charge in [0.05, 0.1) is 11.0 Å². The molecule has 65 heavy (non-hydrogen) atoms. The molecular formula is C60H36N2S3. The van der Waals surface area contributed by atoms with Gasteiger partial charge in [-0.3, -0.25) is 0 Å². The maximum atomic E-state index is 2.49. The van der Waals surface area contributed by atoms with E-state index in [1.165, 1.54) is 105 Å². The number of rotatable bonds is 6. The van der Waals surface area contributed by atoms with Gasteiger partial charge in [0.15, 0.2) is 0 Å². The smallest absolute Gasteiger partial charge is 0.0541 e. The van der Waals surface area contributed by atoms with Crippen LogP contribution in [0, 0.1) is 0 Å². The first-order chi connectivity index (χ1) is 32.2. The van der Waals surface area contributed by atoms with Crippen molar-refractivity contribution in [2.45, 2.75) is 0 Å². The second kappa shape index (κ2) is 14.5. The summed E-state index contributed by atoms with van der Waals surface area (Å²) in [6.07, 6.45) is 0. The number of thiophene rings is 3. The van der Waals surface area contributed by atoms with E-state index in [2.05, 4.69) is 228 Å². The van der Waals surface area contributed by atoms with Gasteiger partial charge < -0.3 is 9.47 Å². The molecule has 0 aliphatic rings. The molecule has 0 unspecified atom stereocenters. The Morgan fingerprint density at radius 1 is 0.262 bits per heavy atom. The number of fused-ring (bicyclic) bond motifs is 12. The van der Waals surface area contributed by atoms with Crippen molar-refractivity contribution < 1.29 is 0 Å². The van der Waals surface area contributed by atoms with Crippen molar-refractivity contribution in [3.8, 4) is 27.9 Å². The fourth-order valence-corrected chi connectivity index (χ4v) is 13.4. The molecule has 304 valence electrons. The van der Waals surface area contributed by atoms with Crippen molar-refractivity contribution in [1.82, 2.24) is 4.57 Å². The molecule has 0 N–H and O–H groups in total. The van der Waals surface area contributed by atoms with E-state index in [1.807, 2.05) is 34.0 Å². The summed E-state index contributed by atoms with van der Waals surface area (Å²) in [6.45, 7) is 0. The van der Waals surface area contributed by atoms with Crippen LogP contribution in [0.1, 0.15) is 0 Å². The topological polar surface area (TPSA) is 8.17 Å². The van der Waals surface area contributed by atoms with Crippen LogP contribution in [0.3, 0.4) is 0 Å². The Bertz CT molecular complexity index is 4090. The summed E-state index contributed by atoms with van der Waals surface area (Å²) in [5.74, 6) is 0. The van der Waals surface area contributed by atoms with E-state index in [-0.39, 0.29) is 0 Å². The van der Waals surface area contributed by atoms with Crippen molar-refractivity contribution in [2.75, 3.05) is 4.90 Å². The average Bonchev–Trinajstić information content (AvgIpc) is 4.13. The molecule has 0 saturated heterocycles. The van der Waals surface area contributed by atoms with E-state index in [0.29, 0.717) is 0 Å². The minimum Gasteiger partial charge on any atom is -0.310 e. The zero-order valence-corrected chi connectivity index (χ0v) is 37.4. The van der Waals surface area contributed by atoms with Gasteiger partial charge in [-0.2, -0.15) is 0 Å². The fraction of sp³-hybridized carbons (Fsp3) is 0. The normalized spacial score (nSPS) is 12.0. The summed E-state index contributed by atoms with van der Waals surface area (Å²) >= 11 is 5.59.